The van der Waals surface area contributed by atoms with Crippen molar-refractivity contribution >= 4 is 23.2 Å². The SMILES string of the molecule is COC1=C(C=O)SC(=O)C1. The highest BCUT2D eigenvalue weighted by atomic mass is 32.2. The molecule has 0 amide bonds. The second-order valence-electron chi connectivity index (χ2n) is 1.76. The molecule has 10 heavy (non-hydrogen) atoms. The van der Waals surface area contributed by atoms with E-state index in [0.29, 0.717) is 17.0 Å². The van der Waals surface area contributed by atoms with Crippen LogP contribution >= 0.6 is 11.8 Å². The lowest BCUT2D eigenvalue weighted by atomic mass is 10.4. The summed E-state index contributed by atoms with van der Waals surface area (Å²) in [5.41, 5.74) is 0. The van der Waals surface area contributed by atoms with Crippen molar-refractivity contribution in [2.75, 3.05) is 7.11 Å². The zero-order chi connectivity index (χ0) is 7.56. The van der Waals surface area contributed by atoms with Gasteiger partial charge in [-0.25, -0.2) is 0 Å². The maximum Gasteiger partial charge on any atom is 0.201 e. The number of hydrogen-bond acceptors (Lipinski definition) is 4. The lowest BCUT2D eigenvalue weighted by molar-refractivity contribution is -0.110. The van der Waals surface area contributed by atoms with Gasteiger partial charge in [0.05, 0.1) is 18.4 Å². The predicted octanol–water partition coefficient (Wildman–Crippen LogP) is 0.707. The Morgan fingerprint density at radius 1 is 1.70 bits per heavy atom. The summed E-state index contributed by atoms with van der Waals surface area (Å²) in [6.07, 6.45) is 0.892. The second-order valence-corrected chi connectivity index (χ2v) is 2.86. The van der Waals surface area contributed by atoms with E-state index in [2.05, 4.69) is 0 Å². The third kappa shape index (κ3) is 1.21. The van der Waals surface area contributed by atoms with Crippen LogP contribution in [0.15, 0.2) is 10.7 Å². The average molecular weight is 158 g/mol. The summed E-state index contributed by atoms with van der Waals surface area (Å²) in [6.45, 7) is 0. The third-order valence-corrected chi connectivity index (χ3v) is 2.07. The molecular weight excluding hydrogens is 152 g/mol. The Balaban J connectivity index is 2.80. The fraction of sp³-hybridized carbons (Fsp3) is 0.333. The summed E-state index contributed by atoms with van der Waals surface area (Å²) in [4.78, 5) is 21.3. The Bertz CT molecular complexity index is 207. The molecule has 0 bridgehead atoms. The monoisotopic (exact) mass is 158 g/mol. The topological polar surface area (TPSA) is 43.4 Å². The van der Waals surface area contributed by atoms with Crippen molar-refractivity contribution in [1.29, 1.82) is 0 Å². The molecule has 1 aliphatic rings. The summed E-state index contributed by atoms with van der Waals surface area (Å²) >= 11 is 0.946. The highest BCUT2D eigenvalue weighted by Gasteiger charge is 2.22. The average Bonchev–Trinajstić information content (AvgIpc) is 2.30. The summed E-state index contributed by atoms with van der Waals surface area (Å²) in [6, 6.07) is 0. The van der Waals surface area contributed by atoms with Crippen LogP contribution in [0.5, 0.6) is 0 Å². The molecule has 54 valence electrons. The first kappa shape index (κ1) is 7.34. The molecule has 4 heteroatoms. The van der Waals surface area contributed by atoms with E-state index in [1.165, 1.54) is 7.11 Å². The molecule has 3 nitrogen and oxygen atoms in total. The van der Waals surface area contributed by atoms with Crippen LogP contribution < -0.4 is 0 Å². The summed E-state index contributed by atoms with van der Waals surface area (Å²) in [7, 11) is 1.46. The molecule has 0 spiro atoms. The normalized spacial score (nSPS) is 17.9. The zero-order valence-electron chi connectivity index (χ0n) is 5.42. The van der Waals surface area contributed by atoms with E-state index in [1.54, 1.807) is 0 Å². The molecule has 0 saturated heterocycles. The van der Waals surface area contributed by atoms with Gasteiger partial charge in [-0.2, -0.15) is 0 Å². The highest BCUT2D eigenvalue weighted by molar-refractivity contribution is 8.18. The molecule has 0 aromatic heterocycles. The predicted molar refractivity (Wildman–Crippen MR) is 37.3 cm³/mol. The number of ether oxygens (including phenoxy) is 1. The molecule has 1 rings (SSSR count). The van der Waals surface area contributed by atoms with Gasteiger partial charge in [0.2, 0.25) is 5.12 Å². The summed E-state index contributed by atoms with van der Waals surface area (Å²) in [5, 5.41) is -0.0287. The van der Waals surface area contributed by atoms with Crippen LogP contribution in [0.1, 0.15) is 6.42 Å². The number of carbonyl (C=O) groups excluding carboxylic acids is 2. The van der Waals surface area contributed by atoms with Crippen LogP contribution in [0.4, 0.5) is 0 Å². The van der Waals surface area contributed by atoms with Crippen molar-refractivity contribution < 1.29 is 14.3 Å². The Labute approximate surface area is 62.4 Å². The van der Waals surface area contributed by atoms with Crippen LogP contribution in [0.2, 0.25) is 0 Å². The first-order valence-corrected chi connectivity index (χ1v) is 3.52. The number of thioether (sulfide) groups is 1. The van der Waals surface area contributed by atoms with E-state index in [9.17, 15) is 9.59 Å². The number of allylic oxidation sites excluding steroid dienone is 2. The van der Waals surface area contributed by atoms with Gasteiger partial charge in [0.15, 0.2) is 6.29 Å². The van der Waals surface area contributed by atoms with E-state index >= 15 is 0 Å². The standard InChI is InChI=1S/C6H6O3S/c1-9-4-2-6(8)10-5(4)3-7/h3H,2H2,1H3. The molecular formula is C6H6O3S. The molecule has 0 aromatic carbocycles. The Morgan fingerprint density at radius 2 is 2.40 bits per heavy atom. The first-order chi connectivity index (χ1) is 4.77. The molecule has 0 saturated carbocycles. The van der Waals surface area contributed by atoms with Crippen LogP contribution in [-0.2, 0) is 14.3 Å². The number of methoxy groups -OCH3 is 1. The Kier molecular flexibility index (Phi) is 2.11. The largest absolute Gasteiger partial charge is 0.499 e. The fourth-order valence-corrected chi connectivity index (χ4v) is 1.46. The van der Waals surface area contributed by atoms with E-state index in [0.717, 1.165) is 11.8 Å². The van der Waals surface area contributed by atoms with E-state index in [1.807, 2.05) is 0 Å². The van der Waals surface area contributed by atoms with Crippen LogP contribution in [0.3, 0.4) is 0 Å². The van der Waals surface area contributed by atoms with Gasteiger partial charge in [-0.1, -0.05) is 0 Å². The van der Waals surface area contributed by atoms with Gasteiger partial charge in [0, 0.05) is 0 Å². The van der Waals surface area contributed by atoms with Crippen molar-refractivity contribution in [2.24, 2.45) is 0 Å². The molecule has 0 aliphatic carbocycles. The molecule has 1 aliphatic heterocycles. The minimum absolute atomic E-state index is 0.0287. The van der Waals surface area contributed by atoms with Crippen molar-refractivity contribution in [3.05, 3.63) is 10.7 Å². The lowest BCUT2D eigenvalue weighted by Crippen LogP contribution is -1.87. The molecule has 0 radical (unpaired) electrons. The molecule has 0 atom stereocenters. The zero-order valence-corrected chi connectivity index (χ0v) is 6.23. The van der Waals surface area contributed by atoms with Crippen LogP contribution in [0.25, 0.3) is 0 Å². The number of hydrogen-bond donors (Lipinski definition) is 0. The van der Waals surface area contributed by atoms with Gasteiger partial charge in [0.1, 0.15) is 5.76 Å². The minimum Gasteiger partial charge on any atom is -0.499 e. The van der Waals surface area contributed by atoms with Gasteiger partial charge in [0.25, 0.3) is 0 Å². The van der Waals surface area contributed by atoms with Gasteiger partial charge < -0.3 is 4.74 Å². The van der Waals surface area contributed by atoms with Gasteiger partial charge in [-0.15, -0.1) is 0 Å². The van der Waals surface area contributed by atoms with Crippen molar-refractivity contribution in [3.8, 4) is 0 Å². The maximum absolute atomic E-state index is 10.7. The molecule has 0 N–H and O–H groups in total. The molecule has 0 unspecified atom stereocenters. The number of aldehydes is 1. The van der Waals surface area contributed by atoms with E-state index in [-0.39, 0.29) is 11.5 Å². The number of rotatable bonds is 2. The minimum atomic E-state index is -0.0287. The van der Waals surface area contributed by atoms with Gasteiger partial charge in [-0.05, 0) is 11.8 Å². The van der Waals surface area contributed by atoms with Crippen LogP contribution in [-0.4, -0.2) is 18.5 Å². The smallest absolute Gasteiger partial charge is 0.201 e. The Morgan fingerprint density at radius 3 is 2.80 bits per heavy atom. The highest BCUT2D eigenvalue weighted by Crippen LogP contribution is 2.31. The quantitative estimate of drug-likeness (QED) is 0.555. The van der Waals surface area contributed by atoms with Crippen molar-refractivity contribution in [3.63, 3.8) is 0 Å². The van der Waals surface area contributed by atoms with E-state index in [4.69, 9.17) is 4.74 Å². The van der Waals surface area contributed by atoms with Crippen molar-refractivity contribution in [1.82, 2.24) is 0 Å². The van der Waals surface area contributed by atoms with Gasteiger partial charge >= 0.3 is 0 Å². The fourth-order valence-electron chi connectivity index (χ4n) is 0.696. The third-order valence-electron chi connectivity index (χ3n) is 1.16. The Hall–Kier alpha value is -0.770. The van der Waals surface area contributed by atoms with Crippen LogP contribution in [0, 0.1) is 0 Å². The lowest BCUT2D eigenvalue weighted by Gasteiger charge is -1.95. The molecule has 0 fully saturated rings. The maximum atomic E-state index is 10.7. The summed E-state index contributed by atoms with van der Waals surface area (Å²) < 4.78 is 4.79. The molecule has 1 heterocycles. The molecule has 0 aromatic rings. The number of carbonyl (C=O) groups is 2. The second kappa shape index (κ2) is 2.88. The van der Waals surface area contributed by atoms with E-state index < -0.39 is 0 Å². The van der Waals surface area contributed by atoms with Crippen molar-refractivity contribution in [2.45, 2.75) is 6.42 Å². The first-order valence-electron chi connectivity index (χ1n) is 2.71. The van der Waals surface area contributed by atoms with Gasteiger partial charge in [-0.3, -0.25) is 9.59 Å². The summed E-state index contributed by atoms with van der Waals surface area (Å²) in [5.74, 6) is 0.491.